The maximum atomic E-state index is 11.6. The van der Waals surface area contributed by atoms with Crippen LogP contribution in [0.25, 0.3) is 0 Å². The number of carbonyl (C=O) groups is 1. The number of hydrogen-bond acceptors (Lipinski definition) is 4. The number of aliphatic imine (C=N–C) groups is 1. The zero-order valence-corrected chi connectivity index (χ0v) is 14.2. The standard InChI is InChI=1S/C20H22N2O2/c1-15-5-8-17(20(23)24-2)13-19(15)21-14-16-6-9-18(10-7-16)22-11-3-4-12-22/h5-10,13-14H,3-4,11-12H2,1-2H3. The van der Waals surface area contributed by atoms with Gasteiger partial charge in [0.25, 0.3) is 0 Å². The lowest BCUT2D eigenvalue weighted by Crippen LogP contribution is -2.17. The number of aryl methyl sites for hydroxylation is 1. The molecule has 1 heterocycles. The van der Waals surface area contributed by atoms with Gasteiger partial charge in [-0.2, -0.15) is 0 Å². The average Bonchev–Trinajstić information content (AvgIpc) is 3.15. The first-order valence-electron chi connectivity index (χ1n) is 8.25. The summed E-state index contributed by atoms with van der Waals surface area (Å²) in [5.74, 6) is -0.346. The van der Waals surface area contributed by atoms with Crippen molar-refractivity contribution in [2.24, 2.45) is 4.99 Å². The van der Waals surface area contributed by atoms with Gasteiger partial charge in [-0.05, 0) is 55.2 Å². The molecule has 0 aromatic heterocycles. The Hall–Kier alpha value is -2.62. The van der Waals surface area contributed by atoms with E-state index in [1.54, 1.807) is 12.1 Å². The van der Waals surface area contributed by atoms with E-state index in [-0.39, 0.29) is 5.97 Å². The van der Waals surface area contributed by atoms with Crippen LogP contribution in [0.2, 0.25) is 0 Å². The number of carbonyl (C=O) groups excluding carboxylic acids is 1. The van der Waals surface area contributed by atoms with Crippen LogP contribution in [0.3, 0.4) is 0 Å². The van der Waals surface area contributed by atoms with Gasteiger partial charge in [-0.3, -0.25) is 4.99 Å². The van der Waals surface area contributed by atoms with Gasteiger partial charge in [-0.1, -0.05) is 18.2 Å². The van der Waals surface area contributed by atoms with E-state index < -0.39 is 0 Å². The van der Waals surface area contributed by atoms with Crippen molar-refractivity contribution >= 4 is 23.6 Å². The lowest BCUT2D eigenvalue weighted by atomic mass is 10.1. The molecule has 124 valence electrons. The van der Waals surface area contributed by atoms with Crippen LogP contribution in [0.1, 0.15) is 34.3 Å². The molecule has 1 fully saturated rings. The summed E-state index contributed by atoms with van der Waals surface area (Å²) in [6.07, 6.45) is 4.38. The molecule has 3 rings (SSSR count). The minimum absolute atomic E-state index is 0.346. The van der Waals surface area contributed by atoms with Crippen molar-refractivity contribution < 1.29 is 9.53 Å². The molecule has 0 atom stereocenters. The molecule has 0 spiro atoms. The Labute approximate surface area is 142 Å². The van der Waals surface area contributed by atoms with Crippen LogP contribution in [-0.2, 0) is 4.74 Å². The molecule has 4 heteroatoms. The largest absolute Gasteiger partial charge is 0.465 e. The van der Waals surface area contributed by atoms with Crippen molar-refractivity contribution in [3.63, 3.8) is 0 Å². The molecule has 0 amide bonds. The molecule has 0 saturated carbocycles. The highest BCUT2D eigenvalue weighted by molar-refractivity contribution is 5.91. The van der Waals surface area contributed by atoms with Gasteiger partial charge in [0.2, 0.25) is 0 Å². The maximum absolute atomic E-state index is 11.6. The lowest BCUT2D eigenvalue weighted by Gasteiger charge is -2.17. The molecule has 2 aromatic carbocycles. The lowest BCUT2D eigenvalue weighted by molar-refractivity contribution is 0.0601. The highest BCUT2D eigenvalue weighted by Gasteiger charge is 2.11. The van der Waals surface area contributed by atoms with Gasteiger partial charge in [0.15, 0.2) is 0 Å². The Morgan fingerprint density at radius 3 is 2.50 bits per heavy atom. The second-order valence-corrected chi connectivity index (χ2v) is 6.04. The van der Waals surface area contributed by atoms with E-state index in [1.165, 1.54) is 25.6 Å². The number of nitrogens with zero attached hydrogens (tertiary/aromatic N) is 2. The van der Waals surface area contributed by atoms with Crippen LogP contribution < -0.4 is 4.90 Å². The Balaban J connectivity index is 1.76. The minimum Gasteiger partial charge on any atom is -0.465 e. The van der Waals surface area contributed by atoms with E-state index in [0.717, 1.165) is 29.9 Å². The Kier molecular flexibility index (Phi) is 4.94. The first-order valence-corrected chi connectivity index (χ1v) is 8.25. The van der Waals surface area contributed by atoms with E-state index in [1.807, 2.05) is 19.2 Å². The Bertz CT molecular complexity index is 745. The van der Waals surface area contributed by atoms with Crippen LogP contribution in [0, 0.1) is 6.92 Å². The zero-order valence-electron chi connectivity index (χ0n) is 14.2. The molecule has 1 aliphatic heterocycles. The Morgan fingerprint density at radius 2 is 1.83 bits per heavy atom. The van der Waals surface area contributed by atoms with E-state index in [4.69, 9.17) is 4.74 Å². The fraction of sp³-hybridized carbons (Fsp3) is 0.300. The molecular weight excluding hydrogens is 300 g/mol. The van der Waals surface area contributed by atoms with Crippen molar-refractivity contribution in [2.45, 2.75) is 19.8 Å². The van der Waals surface area contributed by atoms with E-state index in [2.05, 4.69) is 34.2 Å². The quantitative estimate of drug-likeness (QED) is 0.628. The van der Waals surface area contributed by atoms with Crippen molar-refractivity contribution in [1.82, 2.24) is 0 Å². The summed E-state index contributed by atoms with van der Waals surface area (Å²) >= 11 is 0. The molecule has 0 radical (unpaired) electrons. The van der Waals surface area contributed by atoms with Crippen molar-refractivity contribution in [2.75, 3.05) is 25.1 Å². The topological polar surface area (TPSA) is 41.9 Å². The van der Waals surface area contributed by atoms with Gasteiger partial charge in [0.05, 0.1) is 18.4 Å². The van der Waals surface area contributed by atoms with Crippen LogP contribution in [-0.4, -0.2) is 32.4 Å². The SMILES string of the molecule is COC(=O)c1ccc(C)c(N=Cc2ccc(N3CCCC3)cc2)c1. The summed E-state index contributed by atoms with van der Waals surface area (Å²) in [5, 5.41) is 0. The first kappa shape index (κ1) is 16.2. The molecule has 0 bridgehead atoms. The van der Waals surface area contributed by atoms with Crippen molar-refractivity contribution in [3.05, 3.63) is 59.2 Å². The molecule has 4 nitrogen and oxygen atoms in total. The maximum Gasteiger partial charge on any atom is 0.337 e. The number of rotatable bonds is 4. The number of benzene rings is 2. The van der Waals surface area contributed by atoms with E-state index in [9.17, 15) is 4.79 Å². The molecule has 1 aliphatic rings. The average molecular weight is 322 g/mol. The molecular formula is C20H22N2O2. The Morgan fingerprint density at radius 1 is 1.12 bits per heavy atom. The molecule has 0 aliphatic carbocycles. The molecule has 1 saturated heterocycles. The van der Waals surface area contributed by atoms with E-state index in [0.29, 0.717) is 5.56 Å². The third-order valence-corrected chi connectivity index (χ3v) is 4.35. The number of ether oxygens (including phenoxy) is 1. The minimum atomic E-state index is -0.346. The third kappa shape index (κ3) is 3.65. The summed E-state index contributed by atoms with van der Waals surface area (Å²) in [6.45, 7) is 4.27. The summed E-state index contributed by atoms with van der Waals surface area (Å²) in [7, 11) is 1.38. The van der Waals surface area contributed by atoms with Gasteiger partial charge in [0, 0.05) is 25.0 Å². The highest BCUT2D eigenvalue weighted by atomic mass is 16.5. The van der Waals surface area contributed by atoms with Gasteiger partial charge in [0.1, 0.15) is 0 Å². The summed E-state index contributed by atoms with van der Waals surface area (Å²) in [4.78, 5) is 18.6. The van der Waals surface area contributed by atoms with Gasteiger partial charge < -0.3 is 9.64 Å². The summed E-state index contributed by atoms with van der Waals surface area (Å²) in [5.41, 5.74) is 4.63. The van der Waals surface area contributed by atoms with Crippen LogP contribution in [0.4, 0.5) is 11.4 Å². The van der Waals surface area contributed by atoms with Crippen LogP contribution in [0.5, 0.6) is 0 Å². The summed E-state index contributed by atoms with van der Waals surface area (Å²) < 4.78 is 4.76. The monoisotopic (exact) mass is 322 g/mol. The fourth-order valence-corrected chi connectivity index (χ4v) is 2.88. The fourth-order valence-electron chi connectivity index (χ4n) is 2.88. The van der Waals surface area contributed by atoms with Crippen molar-refractivity contribution in [3.8, 4) is 0 Å². The van der Waals surface area contributed by atoms with Gasteiger partial charge in [-0.15, -0.1) is 0 Å². The number of esters is 1. The second-order valence-electron chi connectivity index (χ2n) is 6.04. The van der Waals surface area contributed by atoms with Gasteiger partial charge in [-0.25, -0.2) is 4.79 Å². The molecule has 2 aromatic rings. The normalized spacial score (nSPS) is 14.3. The predicted octanol–water partition coefficient (Wildman–Crippen LogP) is 4.13. The van der Waals surface area contributed by atoms with E-state index >= 15 is 0 Å². The molecule has 0 unspecified atom stereocenters. The predicted molar refractivity (Wildman–Crippen MR) is 97.7 cm³/mol. The summed E-state index contributed by atoms with van der Waals surface area (Å²) in [6, 6.07) is 13.8. The molecule has 0 N–H and O–H groups in total. The number of hydrogen-bond donors (Lipinski definition) is 0. The molecule has 24 heavy (non-hydrogen) atoms. The van der Waals surface area contributed by atoms with Crippen LogP contribution >= 0.6 is 0 Å². The van der Waals surface area contributed by atoms with Gasteiger partial charge >= 0.3 is 5.97 Å². The smallest absolute Gasteiger partial charge is 0.337 e. The second kappa shape index (κ2) is 7.30. The first-order chi connectivity index (χ1) is 11.7. The highest BCUT2D eigenvalue weighted by Crippen LogP contribution is 2.22. The number of anilines is 1. The third-order valence-electron chi connectivity index (χ3n) is 4.35. The van der Waals surface area contributed by atoms with Crippen LogP contribution in [0.15, 0.2) is 47.5 Å². The van der Waals surface area contributed by atoms with Crippen molar-refractivity contribution in [1.29, 1.82) is 0 Å². The number of methoxy groups -OCH3 is 1. The zero-order chi connectivity index (χ0) is 16.9.